The van der Waals surface area contributed by atoms with E-state index in [0.717, 1.165) is 19.3 Å². The number of carboxylic acids is 1. The van der Waals surface area contributed by atoms with Crippen molar-refractivity contribution in [2.75, 3.05) is 13.7 Å². The summed E-state index contributed by atoms with van der Waals surface area (Å²) >= 11 is 0. The zero-order valence-corrected chi connectivity index (χ0v) is 11.4. The van der Waals surface area contributed by atoms with E-state index in [2.05, 4.69) is 5.32 Å². The third-order valence-electron chi connectivity index (χ3n) is 3.74. The third kappa shape index (κ3) is 3.22. The Morgan fingerprint density at radius 3 is 2.28 bits per heavy atom. The van der Waals surface area contributed by atoms with Gasteiger partial charge in [-0.25, -0.2) is 0 Å². The zero-order valence-electron chi connectivity index (χ0n) is 11.4. The van der Waals surface area contributed by atoms with Gasteiger partial charge in [-0.05, 0) is 26.7 Å². The summed E-state index contributed by atoms with van der Waals surface area (Å²) in [6.07, 6.45) is 4.50. The summed E-state index contributed by atoms with van der Waals surface area (Å²) in [7, 11) is 1.55. The molecule has 0 aromatic carbocycles. The zero-order chi connectivity index (χ0) is 13.8. The molecule has 1 aliphatic carbocycles. The molecule has 1 saturated carbocycles. The van der Waals surface area contributed by atoms with Crippen molar-refractivity contribution in [3.05, 3.63) is 0 Å². The van der Waals surface area contributed by atoms with E-state index >= 15 is 0 Å². The fourth-order valence-corrected chi connectivity index (χ4v) is 2.18. The average Bonchev–Trinajstić information content (AvgIpc) is 2.36. The van der Waals surface area contributed by atoms with Crippen LogP contribution in [0.1, 0.15) is 46.0 Å². The molecule has 1 rings (SSSR count). The number of carbonyl (C=O) groups is 2. The van der Waals surface area contributed by atoms with Crippen LogP contribution in [0.3, 0.4) is 0 Å². The van der Waals surface area contributed by atoms with Gasteiger partial charge in [-0.3, -0.25) is 9.59 Å². The highest BCUT2D eigenvalue weighted by atomic mass is 16.5. The van der Waals surface area contributed by atoms with Crippen molar-refractivity contribution in [3.8, 4) is 0 Å². The van der Waals surface area contributed by atoms with Crippen molar-refractivity contribution in [2.24, 2.45) is 5.41 Å². The molecule has 0 unspecified atom stereocenters. The first kappa shape index (κ1) is 15.0. The quantitative estimate of drug-likeness (QED) is 0.783. The minimum Gasteiger partial charge on any atom is -0.481 e. The number of aliphatic carboxylic acids is 1. The van der Waals surface area contributed by atoms with Crippen LogP contribution >= 0.6 is 0 Å². The summed E-state index contributed by atoms with van der Waals surface area (Å²) in [5, 5.41) is 11.7. The molecule has 1 aliphatic rings. The van der Waals surface area contributed by atoms with Crippen LogP contribution in [0.25, 0.3) is 0 Å². The average molecular weight is 257 g/mol. The Morgan fingerprint density at radius 2 is 1.83 bits per heavy atom. The normalized spacial score (nSPS) is 19.3. The molecular formula is C13H23NO4. The van der Waals surface area contributed by atoms with Gasteiger partial charge in [0.05, 0.1) is 5.41 Å². The second-order valence-corrected chi connectivity index (χ2v) is 5.63. The molecule has 2 N–H and O–H groups in total. The molecule has 0 radical (unpaired) electrons. The summed E-state index contributed by atoms with van der Waals surface area (Å²) in [5.74, 6) is -1.10. The van der Waals surface area contributed by atoms with E-state index in [0.29, 0.717) is 12.8 Å². The molecule has 0 bridgehead atoms. The van der Waals surface area contributed by atoms with Crippen LogP contribution in [-0.4, -0.2) is 36.2 Å². The lowest BCUT2D eigenvalue weighted by Crippen LogP contribution is -2.52. The van der Waals surface area contributed by atoms with Crippen molar-refractivity contribution < 1.29 is 19.4 Å². The maximum atomic E-state index is 12.2. The number of hydrogen-bond acceptors (Lipinski definition) is 3. The van der Waals surface area contributed by atoms with Crippen molar-refractivity contribution in [3.63, 3.8) is 0 Å². The number of nitrogens with one attached hydrogen (secondary N) is 1. The Bertz CT molecular complexity index is 319. The lowest BCUT2D eigenvalue weighted by atomic mass is 9.83. The molecule has 0 aliphatic heterocycles. The van der Waals surface area contributed by atoms with Gasteiger partial charge in [-0.15, -0.1) is 0 Å². The largest absolute Gasteiger partial charge is 0.481 e. The molecule has 5 nitrogen and oxygen atoms in total. The highest BCUT2D eigenvalue weighted by Gasteiger charge is 2.40. The highest BCUT2D eigenvalue weighted by molar-refractivity contribution is 5.86. The number of rotatable bonds is 5. The summed E-state index contributed by atoms with van der Waals surface area (Å²) in [6.45, 7) is 3.30. The molecule has 0 aromatic heterocycles. The van der Waals surface area contributed by atoms with E-state index in [1.165, 1.54) is 0 Å². The van der Waals surface area contributed by atoms with Gasteiger partial charge in [0.15, 0.2) is 0 Å². The van der Waals surface area contributed by atoms with Gasteiger partial charge in [-0.2, -0.15) is 0 Å². The van der Waals surface area contributed by atoms with Gasteiger partial charge in [0.2, 0.25) is 0 Å². The van der Waals surface area contributed by atoms with Crippen molar-refractivity contribution in [1.29, 1.82) is 0 Å². The fourth-order valence-electron chi connectivity index (χ4n) is 2.18. The topological polar surface area (TPSA) is 75.6 Å². The molecule has 1 amide bonds. The second-order valence-electron chi connectivity index (χ2n) is 5.63. The molecule has 1 fully saturated rings. The van der Waals surface area contributed by atoms with Crippen molar-refractivity contribution >= 4 is 11.9 Å². The maximum absolute atomic E-state index is 12.2. The summed E-state index contributed by atoms with van der Waals surface area (Å²) in [5.41, 5.74) is -1.72. The van der Waals surface area contributed by atoms with Gasteiger partial charge in [-0.1, -0.05) is 19.3 Å². The van der Waals surface area contributed by atoms with Gasteiger partial charge >= 0.3 is 5.97 Å². The molecule has 0 heterocycles. The number of methoxy groups -OCH3 is 1. The second kappa shape index (κ2) is 5.69. The van der Waals surface area contributed by atoms with Crippen LogP contribution in [0.4, 0.5) is 0 Å². The smallest absolute Gasteiger partial charge is 0.310 e. The predicted molar refractivity (Wildman–Crippen MR) is 67.3 cm³/mol. The fraction of sp³-hybridized carbons (Fsp3) is 0.846. The number of ether oxygens (including phenoxy) is 1. The summed E-state index contributed by atoms with van der Waals surface area (Å²) < 4.78 is 5.41. The van der Waals surface area contributed by atoms with Crippen molar-refractivity contribution in [1.82, 2.24) is 5.32 Å². The first-order valence-corrected chi connectivity index (χ1v) is 6.41. The highest BCUT2D eigenvalue weighted by Crippen LogP contribution is 2.31. The Morgan fingerprint density at radius 1 is 1.28 bits per heavy atom. The van der Waals surface area contributed by atoms with Crippen LogP contribution < -0.4 is 5.32 Å². The standard InChI is InChI=1S/C13H23NO4/c1-12(2,11(16)17)9-14-10(15)13(18-3)7-5-4-6-8-13/h4-9H2,1-3H3,(H,14,15)(H,16,17). The lowest BCUT2D eigenvalue weighted by Gasteiger charge is -2.35. The minimum atomic E-state index is -0.959. The van der Waals surface area contributed by atoms with E-state index in [4.69, 9.17) is 9.84 Å². The molecule has 0 spiro atoms. The molecule has 18 heavy (non-hydrogen) atoms. The Kier molecular flexibility index (Phi) is 4.73. The van der Waals surface area contributed by atoms with Crippen LogP contribution in [0, 0.1) is 5.41 Å². The molecule has 104 valence electrons. The maximum Gasteiger partial charge on any atom is 0.310 e. The van der Waals surface area contributed by atoms with Crippen LogP contribution in [-0.2, 0) is 14.3 Å². The molecule has 0 atom stereocenters. The van der Waals surface area contributed by atoms with Gasteiger partial charge in [0.25, 0.3) is 5.91 Å². The first-order valence-electron chi connectivity index (χ1n) is 6.41. The summed E-state index contributed by atoms with van der Waals surface area (Å²) in [6, 6.07) is 0. The van der Waals surface area contributed by atoms with E-state index in [-0.39, 0.29) is 12.5 Å². The van der Waals surface area contributed by atoms with Gasteiger partial charge in [0.1, 0.15) is 5.60 Å². The number of carboxylic acid groups (broad SMARTS) is 1. The van der Waals surface area contributed by atoms with Gasteiger partial charge in [0, 0.05) is 13.7 Å². The number of amides is 1. The Hall–Kier alpha value is -1.10. The van der Waals surface area contributed by atoms with E-state index < -0.39 is 17.0 Å². The molecular weight excluding hydrogens is 234 g/mol. The SMILES string of the molecule is COC1(C(=O)NCC(C)(C)C(=O)O)CCCCC1. The van der Waals surface area contributed by atoms with E-state index in [1.54, 1.807) is 21.0 Å². The third-order valence-corrected chi connectivity index (χ3v) is 3.74. The number of hydrogen-bond donors (Lipinski definition) is 2. The van der Waals surface area contributed by atoms with Crippen LogP contribution in [0.15, 0.2) is 0 Å². The van der Waals surface area contributed by atoms with E-state index in [9.17, 15) is 9.59 Å². The van der Waals surface area contributed by atoms with Gasteiger partial charge < -0.3 is 15.2 Å². The predicted octanol–water partition coefficient (Wildman–Crippen LogP) is 1.56. The number of carbonyl (C=O) groups excluding carboxylic acids is 1. The minimum absolute atomic E-state index is 0.117. The Balaban J connectivity index is 2.61. The Labute approximate surface area is 108 Å². The van der Waals surface area contributed by atoms with Crippen LogP contribution in [0.5, 0.6) is 0 Å². The molecule has 0 saturated heterocycles. The molecule has 0 aromatic rings. The lowest BCUT2D eigenvalue weighted by molar-refractivity contribution is -0.150. The monoisotopic (exact) mass is 257 g/mol. The van der Waals surface area contributed by atoms with Crippen LogP contribution in [0.2, 0.25) is 0 Å². The van der Waals surface area contributed by atoms with Crippen molar-refractivity contribution in [2.45, 2.75) is 51.6 Å². The molecule has 5 heteroatoms. The van der Waals surface area contributed by atoms with E-state index in [1.807, 2.05) is 0 Å². The summed E-state index contributed by atoms with van der Waals surface area (Å²) in [4.78, 5) is 23.2. The first-order chi connectivity index (χ1) is 8.34.